The van der Waals surface area contributed by atoms with Crippen molar-refractivity contribution in [3.05, 3.63) is 63.9 Å². The first-order valence-electron chi connectivity index (χ1n) is 5.16. The van der Waals surface area contributed by atoms with Gasteiger partial charge in [0.2, 0.25) is 0 Å². The maximum absolute atomic E-state index is 11.7. The van der Waals surface area contributed by atoms with Gasteiger partial charge in [-0.2, -0.15) is 0 Å². The van der Waals surface area contributed by atoms with Gasteiger partial charge >= 0.3 is 5.97 Å². The lowest BCUT2D eigenvalue weighted by atomic mass is 10.0. The lowest BCUT2D eigenvalue weighted by Gasteiger charge is -2.11. The summed E-state index contributed by atoms with van der Waals surface area (Å²) in [6.07, 6.45) is 2.89. The Morgan fingerprint density at radius 2 is 1.94 bits per heavy atom. The number of benzene rings is 1. The fourth-order valence-corrected chi connectivity index (χ4v) is 2.51. The minimum Gasteiger partial charge on any atom is -0.449 e. The molecular formula is C13H8BrNO2. The molecule has 0 saturated carbocycles. The van der Waals surface area contributed by atoms with Gasteiger partial charge in [-0.3, -0.25) is 4.98 Å². The van der Waals surface area contributed by atoms with Crippen LogP contribution < -0.4 is 0 Å². The smallest absolute Gasteiger partial charge is 0.341 e. The highest BCUT2D eigenvalue weighted by molar-refractivity contribution is 9.10. The second kappa shape index (κ2) is 3.96. The van der Waals surface area contributed by atoms with Crippen molar-refractivity contribution in [2.75, 3.05) is 0 Å². The highest BCUT2D eigenvalue weighted by Crippen LogP contribution is 2.39. The molecule has 0 N–H and O–H groups in total. The van der Waals surface area contributed by atoms with E-state index in [9.17, 15) is 4.79 Å². The zero-order valence-electron chi connectivity index (χ0n) is 8.76. The van der Waals surface area contributed by atoms with Crippen LogP contribution in [-0.4, -0.2) is 11.0 Å². The standard InChI is InChI=1S/C13H8BrNO2/c14-10-7-15-6-9-11(10)12(17-13(9)16)8-4-2-1-3-5-8/h1-7,12H. The minimum atomic E-state index is -0.337. The van der Waals surface area contributed by atoms with E-state index in [-0.39, 0.29) is 12.1 Å². The summed E-state index contributed by atoms with van der Waals surface area (Å²) in [5.74, 6) is -0.317. The summed E-state index contributed by atoms with van der Waals surface area (Å²) in [4.78, 5) is 15.7. The number of carbonyl (C=O) groups is 1. The maximum Gasteiger partial charge on any atom is 0.341 e. The largest absolute Gasteiger partial charge is 0.449 e. The fraction of sp³-hybridized carbons (Fsp3) is 0.0769. The normalized spacial score (nSPS) is 17.7. The molecule has 0 spiro atoms. The Morgan fingerprint density at radius 3 is 2.71 bits per heavy atom. The molecule has 4 heteroatoms. The van der Waals surface area contributed by atoms with E-state index in [1.807, 2.05) is 30.3 Å². The zero-order chi connectivity index (χ0) is 11.8. The second-order valence-electron chi connectivity index (χ2n) is 3.78. The van der Waals surface area contributed by atoms with Crippen molar-refractivity contribution in [1.82, 2.24) is 4.98 Å². The van der Waals surface area contributed by atoms with Crippen LogP contribution in [0.1, 0.15) is 27.6 Å². The number of nitrogens with zero attached hydrogens (tertiary/aromatic N) is 1. The van der Waals surface area contributed by atoms with E-state index in [4.69, 9.17) is 4.74 Å². The van der Waals surface area contributed by atoms with Gasteiger partial charge in [-0.15, -0.1) is 0 Å². The molecule has 2 heterocycles. The van der Waals surface area contributed by atoms with Gasteiger partial charge in [-0.25, -0.2) is 4.79 Å². The van der Waals surface area contributed by atoms with E-state index < -0.39 is 0 Å². The lowest BCUT2D eigenvalue weighted by molar-refractivity contribution is 0.0455. The quantitative estimate of drug-likeness (QED) is 0.758. The molecule has 17 heavy (non-hydrogen) atoms. The van der Waals surface area contributed by atoms with E-state index in [0.29, 0.717) is 5.56 Å². The van der Waals surface area contributed by atoms with Crippen LogP contribution in [0.25, 0.3) is 0 Å². The highest BCUT2D eigenvalue weighted by atomic mass is 79.9. The van der Waals surface area contributed by atoms with Gasteiger partial charge in [0, 0.05) is 22.4 Å². The second-order valence-corrected chi connectivity index (χ2v) is 4.63. The number of rotatable bonds is 1. The number of ether oxygens (including phenoxy) is 1. The van der Waals surface area contributed by atoms with Crippen LogP contribution in [0.15, 0.2) is 47.2 Å². The van der Waals surface area contributed by atoms with Gasteiger partial charge in [0.25, 0.3) is 0 Å². The van der Waals surface area contributed by atoms with Crippen LogP contribution in [0.3, 0.4) is 0 Å². The Kier molecular flexibility index (Phi) is 2.44. The van der Waals surface area contributed by atoms with Crippen molar-refractivity contribution >= 4 is 21.9 Å². The molecule has 0 bridgehead atoms. The number of cyclic esters (lactones) is 1. The van der Waals surface area contributed by atoms with Crippen molar-refractivity contribution in [2.45, 2.75) is 6.10 Å². The molecule has 1 aliphatic heterocycles. The number of halogens is 1. The fourth-order valence-electron chi connectivity index (χ4n) is 1.97. The van der Waals surface area contributed by atoms with Gasteiger partial charge < -0.3 is 4.74 Å². The van der Waals surface area contributed by atoms with Gasteiger partial charge in [-0.1, -0.05) is 30.3 Å². The van der Waals surface area contributed by atoms with Gasteiger partial charge in [0.15, 0.2) is 6.10 Å². The summed E-state index contributed by atoms with van der Waals surface area (Å²) in [7, 11) is 0. The van der Waals surface area contributed by atoms with Gasteiger partial charge in [0.05, 0.1) is 5.56 Å². The Labute approximate surface area is 107 Å². The van der Waals surface area contributed by atoms with Crippen LogP contribution >= 0.6 is 15.9 Å². The lowest BCUT2D eigenvalue weighted by Crippen LogP contribution is -2.00. The molecule has 0 radical (unpaired) electrons. The first-order valence-corrected chi connectivity index (χ1v) is 5.96. The molecule has 84 valence electrons. The number of fused-ring (bicyclic) bond motifs is 1. The molecule has 1 aromatic carbocycles. The van der Waals surface area contributed by atoms with Gasteiger partial charge in [0.1, 0.15) is 0 Å². The number of hydrogen-bond acceptors (Lipinski definition) is 3. The molecule has 3 rings (SSSR count). The Hall–Kier alpha value is -1.68. The molecule has 1 aromatic heterocycles. The highest BCUT2D eigenvalue weighted by Gasteiger charge is 2.34. The van der Waals surface area contributed by atoms with E-state index in [1.54, 1.807) is 12.4 Å². The van der Waals surface area contributed by atoms with Crippen molar-refractivity contribution in [2.24, 2.45) is 0 Å². The molecule has 1 unspecified atom stereocenters. The number of aromatic nitrogens is 1. The van der Waals surface area contributed by atoms with Crippen molar-refractivity contribution in [1.29, 1.82) is 0 Å². The number of pyridine rings is 1. The van der Waals surface area contributed by atoms with Crippen molar-refractivity contribution in [3.8, 4) is 0 Å². The topological polar surface area (TPSA) is 39.2 Å². The summed E-state index contributed by atoms with van der Waals surface area (Å²) in [5.41, 5.74) is 2.36. The maximum atomic E-state index is 11.7. The summed E-state index contributed by atoms with van der Waals surface area (Å²) in [5, 5.41) is 0. The average molecular weight is 290 g/mol. The van der Waals surface area contributed by atoms with Crippen LogP contribution in [0.5, 0.6) is 0 Å². The first-order chi connectivity index (χ1) is 8.27. The average Bonchev–Trinajstić information content (AvgIpc) is 2.70. The predicted molar refractivity (Wildman–Crippen MR) is 65.6 cm³/mol. The van der Waals surface area contributed by atoms with E-state index in [1.165, 1.54) is 0 Å². The van der Waals surface area contributed by atoms with E-state index in [0.717, 1.165) is 15.6 Å². The third-order valence-corrected chi connectivity index (χ3v) is 3.38. The molecule has 0 saturated heterocycles. The number of carbonyl (C=O) groups excluding carboxylic acids is 1. The number of hydrogen-bond donors (Lipinski definition) is 0. The first kappa shape index (κ1) is 10.5. The molecule has 1 aliphatic rings. The molecular weight excluding hydrogens is 282 g/mol. The van der Waals surface area contributed by atoms with E-state index in [2.05, 4.69) is 20.9 Å². The van der Waals surface area contributed by atoms with E-state index >= 15 is 0 Å². The Bertz CT molecular complexity index is 583. The summed E-state index contributed by atoms with van der Waals surface area (Å²) in [6.45, 7) is 0. The molecule has 0 aliphatic carbocycles. The van der Waals surface area contributed by atoms with Crippen LogP contribution in [-0.2, 0) is 4.74 Å². The number of esters is 1. The monoisotopic (exact) mass is 289 g/mol. The van der Waals surface area contributed by atoms with Crippen LogP contribution in [0.2, 0.25) is 0 Å². The molecule has 2 aromatic rings. The SMILES string of the molecule is O=C1OC(c2ccccc2)c2c(Br)cncc21. The third kappa shape index (κ3) is 1.65. The molecule has 0 fully saturated rings. The van der Waals surface area contributed by atoms with Crippen molar-refractivity contribution < 1.29 is 9.53 Å². The summed E-state index contributed by atoms with van der Waals surface area (Å²) < 4.78 is 6.19. The van der Waals surface area contributed by atoms with Gasteiger partial charge in [-0.05, 0) is 21.5 Å². The molecule has 3 nitrogen and oxygen atoms in total. The minimum absolute atomic E-state index is 0.317. The third-order valence-electron chi connectivity index (χ3n) is 2.75. The molecule has 1 atom stereocenters. The summed E-state index contributed by atoms with van der Waals surface area (Å²) in [6, 6.07) is 9.68. The van der Waals surface area contributed by atoms with Crippen LogP contribution in [0.4, 0.5) is 0 Å². The predicted octanol–water partition coefficient (Wildman–Crippen LogP) is 3.10. The van der Waals surface area contributed by atoms with Crippen molar-refractivity contribution in [3.63, 3.8) is 0 Å². The zero-order valence-corrected chi connectivity index (χ0v) is 10.3. The Morgan fingerprint density at radius 1 is 1.18 bits per heavy atom. The molecule has 0 amide bonds. The van der Waals surface area contributed by atoms with Crippen LogP contribution in [0, 0.1) is 0 Å². The Balaban J connectivity index is 2.16. The summed E-state index contributed by atoms with van der Waals surface area (Å²) >= 11 is 3.42.